The molecule has 0 aliphatic carbocycles. The van der Waals surface area contributed by atoms with E-state index < -0.39 is 0 Å². The van der Waals surface area contributed by atoms with Crippen LogP contribution in [0.3, 0.4) is 0 Å². The van der Waals surface area contributed by atoms with Crippen molar-refractivity contribution in [3.8, 4) is 5.88 Å². The van der Waals surface area contributed by atoms with E-state index in [-0.39, 0.29) is 0 Å². The van der Waals surface area contributed by atoms with Crippen molar-refractivity contribution in [2.24, 2.45) is 11.3 Å². The van der Waals surface area contributed by atoms with Crippen LogP contribution in [0.15, 0.2) is 22.8 Å². The van der Waals surface area contributed by atoms with E-state index >= 15 is 0 Å². The van der Waals surface area contributed by atoms with Gasteiger partial charge in [0.25, 0.3) is 0 Å². The minimum absolute atomic E-state index is 0.332. The van der Waals surface area contributed by atoms with Gasteiger partial charge in [0.2, 0.25) is 5.88 Å². The molecule has 18 heavy (non-hydrogen) atoms. The molecule has 1 unspecified atom stereocenters. The molecule has 1 fully saturated rings. The zero-order valence-electron chi connectivity index (χ0n) is 11.1. The summed E-state index contributed by atoms with van der Waals surface area (Å²) in [7, 11) is 0. The van der Waals surface area contributed by atoms with Gasteiger partial charge in [0.1, 0.15) is 0 Å². The normalized spacial score (nSPS) is 20.1. The Bertz CT molecular complexity index is 372. The Balaban J connectivity index is 1.78. The summed E-state index contributed by atoms with van der Waals surface area (Å²) in [5.41, 5.74) is 0.332. The van der Waals surface area contributed by atoms with Gasteiger partial charge in [0, 0.05) is 16.7 Å². The second kappa shape index (κ2) is 6.02. The van der Waals surface area contributed by atoms with E-state index in [1.807, 2.05) is 12.1 Å². The Morgan fingerprint density at radius 3 is 2.94 bits per heavy atom. The molecule has 0 aromatic carbocycles. The van der Waals surface area contributed by atoms with E-state index in [1.165, 1.54) is 6.42 Å². The predicted octanol–water partition coefficient (Wildman–Crippen LogP) is 3.25. The Hall–Kier alpha value is -0.610. The molecule has 0 amide bonds. The predicted molar refractivity (Wildman–Crippen MR) is 76.8 cm³/mol. The number of pyridine rings is 1. The minimum atomic E-state index is 0.332. The summed E-state index contributed by atoms with van der Waals surface area (Å²) in [4.78, 5) is 4.21. The first-order chi connectivity index (χ1) is 8.58. The lowest BCUT2D eigenvalue weighted by Gasteiger charge is -2.30. The largest absolute Gasteiger partial charge is 0.478 e. The molecular weight excluding hydrogens is 292 g/mol. The standard InChI is InChI=1S/C14H21BrN2O/c1-14(2,11-5-7-16-9-11)6-8-18-13-4-3-12(15)10-17-13/h3-4,10-11,16H,5-9H2,1-2H3. The summed E-state index contributed by atoms with van der Waals surface area (Å²) >= 11 is 3.37. The molecule has 1 N–H and O–H groups in total. The van der Waals surface area contributed by atoms with Gasteiger partial charge in [0.15, 0.2) is 0 Å². The molecule has 3 nitrogen and oxygen atoms in total. The van der Waals surface area contributed by atoms with Gasteiger partial charge in [-0.1, -0.05) is 13.8 Å². The molecule has 0 spiro atoms. The van der Waals surface area contributed by atoms with Crippen LogP contribution in [0.1, 0.15) is 26.7 Å². The van der Waals surface area contributed by atoms with Crippen LogP contribution in [0.25, 0.3) is 0 Å². The first kappa shape index (κ1) is 13.8. The number of aromatic nitrogens is 1. The van der Waals surface area contributed by atoms with Crippen LogP contribution in [0.4, 0.5) is 0 Å². The van der Waals surface area contributed by atoms with E-state index in [9.17, 15) is 0 Å². The molecule has 2 heterocycles. The summed E-state index contributed by atoms with van der Waals surface area (Å²) in [5.74, 6) is 1.47. The van der Waals surface area contributed by atoms with Crippen LogP contribution in [0.2, 0.25) is 0 Å². The van der Waals surface area contributed by atoms with Gasteiger partial charge in [-0.3, -0.25) is 0 Å². The average Bonchev–Trinajstić information content (AvgIpc) is 2.86. The smallest absolute Gasteiger partial charge is 0.213 e. The molecule has 2 rings (SSSR count). The third-order valence-corrected chi connectivity index (χ3v) is 4.33. The Labute approximate surface area is 117 Å². The number of nitrogens with one attached hydrogen (secondary N) is 1. The fraction of sp³-hybridized carbons (Fsp3) is 0.643. The fourth-order valence-electron chi connectivity index (χ4n) is 2.39. The Morgan fingerprint density at radius 1 is 1.50 bits per heavy atom. The quantitative estimate of drug-likeness (QED) is 0.906. The molecule has 0 radical (unpaired) electrons. The van der Waals surface area contributed by atoms with Crippen LogP contribution in [-0.2, 0) is 0 Å². The van der Waals surface area contributed by atoms with Crippen molar-refractivity contribution in [3.05, 3.63) is 22.8 Å². The van der Waals surface area contributed by atoms with Crippen molar-refractivity contribution >= 4 is 15.9 Å². The maximum atomic E-state index is 5.70. The Kier molecular flexibility index (Phi) is 4.62. The second-order valence-corrected chi connectivity index (χ2v) is 6.51. The molecular formula is C14H21BrN2O. The van der Waals surface area contributed by atoms with Crippen LogP contribution in [0.5, 0.6) is 5.88 Å². The fourth-order valence-corrected chi connectivity index (χ4v) is 2.63. The first-order valence-corrected chi connectivity index (χ1v) is 7.32. The molecule has 4 heteroatoms. The summed E-state index contributed by atoms with van der Waals surface area (Å²) in [6.07, 6.45) is 4.11. The van der Waals surface area contributed by atoms with Gasteiger partial charge < -0.3 is 10.1 Å². The monoisotopic (exact) mass is 312 g/mol. The molecule has 1 aromatic rings. The van der Waals surface area contributed by atoms with Crippen molar-refractivity contribution in [1.29, 1.82) is 0 Å². The van der Waals surface area contributed by atoms with Crippen molar-refractivity contribution in [1.82, 2.24) is 10.3 Å². The number of ether oxygens (including phenoxy) is 1. The summed E-state index contributed by atoms with van der Waals surface area (Å²) in [5, 5.41) is 3.43. The van der Waals surface area contributed by atoms with E-state index in [0.717, 1.165) is 36.5 Å². The van der Waals surface area contributed by atoms with Crippen molar-refractivity contribution in [3.63, 3.8) is 0 Å². The minimum Gasteiger partial charge on any atom is -0.478 e. The average molecular weight is 313 g/mol. The number of hydrogen-bond donors (Lipinski definition) is 1. The second-order valence-electron chi connectivity index (χ2n) is 5.59. The third kappa shape index (κ3) is 3.69. The van der Waals surface area contributed by atoms with Crippen LogP contribution >= 0.6 is 15.9 Å². The van der Waals surface area contributed by atoms with E-state index in [1.54, 1.807) is 6.20 Å². The van der Waals surface area contributed by atoms with Crippen LogP contribution in [0, 0.1) is 11.3 Å². The number of halogens is 1. The molecule has 1 atom stereocenters. The molecule has 1 aliphatic rings. The van der Waals surface area contributed by atoms with E-state index in [4.69, 9.17) is 4.74 Å². The van der Waals surface area contributed by atoms with Crippen LogP contribution in [-0.4, -0.2) is 24.7 Å². The maximum Gasteiger partial charge on any atom is 0.213 e. The zero-order valence-corrected chi connectivity index (χ0v) is 12.7. The molecule has 1 aromatic heterocycles. The SMILES string of the molecule is CC(C)(CCOc1ccc(Br)cn1)C1CCNC1. The third-order valence-electron chi connectivity index (χ3n) is 3.86. The lowest BCUT2D eigenvalue weighted by molar-refractivity contribution is 0.162. The van der Waals surface area contributed by atoms with Crippen molar-refractivity contribution in [2.45, 2.75) is 26.7 Å². The molecule has 1 saturated heterocycles. The lowest BCUT2D eigenvalue weighted by atomic mass is 9.76. The van der Waals surface area contributed by atoms with Gasteiger partial charge in [-0.25, -0.2) is 4.98 Å². The van der Waals surface area contributed by atoms with Gasteiger partial charge in [-0.15, -0.1) is 0 Å². The molecule has 100 valence electrons. The lowest BCUT2D eigenvalue weighted by Crippen LogP contribution is -2.28. The van der Waals surface area contributed by atoms with E-state index in [0.29, 0.717) is 11.3 Å². The highest BCUT2D eigenvalue weighted by Gasteiger charge is 2.31. The van der Waals surface area contributed by atoms with Gasteiger partial charge in [-0.2, -0.15) is 0 Å². The highest BCUT2D eigenvalue weighted by Crippen LogP contribution is 2.34. The Morgan fingerprint density at radius 2 is 2.33 bits per heavy atom. The summed E-state index contributed by atoms with van der Waals surface area (Å²) in [6.45, 7) is 7.71. The van der Waals surface area contributed by atoms with Crippen molar-refractivity contribution in [2.75, 3.05) is 19.7 Å². The van der Waals surface area contributed by atoms with Crippen LogP contribution < -0.4 is 10.1 Å². The van der Waals surface area contributed by atoms with Gasteiger partial charge in [-0.05, 0) is 59.3 Å². The van der Waals surface area contributed by atoms with Gasteiger partial charge in [0.05, 0.1) is 6.61 Å². The summed E-state index contributed by atoms with van der Waals surface area (Å²) in [6, 6.07) is 3.85. The topological polar surface area (TPSA) is 34.1 Å². The highest BCUT2D eigenvalue weighted by molar-refractivity contribution is 9.10. The first-order valence-electron chi connectivity index (χ1n) is 6.53. The highest BCUT2D eigenvalue weighted by atomic mass is 79.9. The van der Waals surface area contributed by atoms with Gasteiger partial charge >= 0.3 is 0 Å². The van der Waals surface area contributed by atoms with Crippen molar-refractivity contribution < 1.29 is 4.74 Å². The number of rotatable bonds is 5. The molecule has 0 bridgehead atoms. The number of nitrogens with zero attached hydrogens (tertiary/aromatic N) is 1. The zero-order chi connectivity index (χ0) is 13.0. The maximum absolute atomic E-state index is 5.70. The molecule has 0 saturated carbocycles. The summed E-state index contributed by atoms with van der Waals surface area (Å²) < 4.78 is 6.68. The van der Waals surface area contributed by atoms with E-state index in [2.05, 4.69) is 40.1 Å². The number of hydrogen-bond acceptors (Lipinski definition) is 3. The molecule has 1 aliphatic heterocycles.